The molecule has 0 saturated heterocycles. The molecule has 23 heavy (non-hydrogen) atoms. The van der Waals surface area contributed by atoms with Crippen LogP contribution in [0, 0.1) is 10.1 Å². The van der Waals surface area contributed by atoms with Gasteiger partial charge in [-0.3, -0.25) is 14.9 Å². The molecule has 0 saturated carbocycles. The largest absolute Gasteiger partial charge is 0.451 e. The number of fused-ring (bicyclic) bond motifs is 1. The van der Waals surface area contributed by atoms with E-state index in [0.717, 1.165) is 5.56 Å². The van der Waals surface area contributed by atoms with Crippen molar-refractivity contribution < 1.29 is 14.1 Å². The fourth-order valence-corrected chi connectivity index (χ4v) is 2.02. The lowest BCUT2D eigenvalue weighted by Gasteiger charge is -1.95. The minimum Gasteiger partial charge on any atom is -0.451 e. The molecule has 114 valence electrons. The molecule has 0 aliphatic carbocycles. The highest BCUT2D eigenvalue weighted by Gasteiger charge is 2.14. The predicted molar refractivity (Wildman–Crippen MR) is 84.4 cm³/mol. The Morgan fingerprint density at radius 1 is 1.17 bits per heavy atom. The summed E-state index contributed by atoms with van der Waals surface area (Å²) in [5.41, 5.74) is 3.52. The fraction of sp³-hybridized carbons (Fsp3) is 0. The molecule has 1 aromatic heterocycles. The van der Waals surface area contributed by atoms with Gasteiger partial charge in [-0.25, -0.2) is 5.43 Å². The van der Waals surface area contributed by atoms with E-state index in [4.69, 9.17) is 4.42 Å². The quantitative estimate of drug-likeness (QED) is 0.455. The zero-order chi connectivity index (χ0) is 16.2. The Morgan fingerprint density at radius 3 is 2.70 bits per heavy atom. The second-order valence-corrected chi connectivity index (χ2v) is 4.70. The van der Waals surface area contributed by atoms with E-state index in [1.807, 2.05) is 30.3 Å². The Bertz CT molecular complexity index is 900. The molecule has 1 N–H and O–H groups in total. The Balaban J connectivity index is 1.76. The van der Waals surface area contributed by atoms with Crippen molar-refractivity contribution in [3.63, 3.8) is 0 Å². The first kappa shape index (κ1) is 14.5. The second kappa shape index (κ2) is 6.10. The number of hydrogen-bond donors (Lipinski definition) is 1. The fourth-order valence-electron chi connectivity index (χ4n) is 2.02. The molecule has 0 aliphatic rings. The van der Waals surface area contributed by atoms with Crippen LogP contribution in [0.15, 0.2) is 64.1 Å². The van der Waals surface area contributed by atoms with Crippen LogP contribution in [0.25, 0.3) is 11.0 Å². The van der Waals surface area contributed by atoms with Gasteiger partial charge in [0.25, 0.3) is 5.69 Å². The third-order valence-electron chi connectivity index (χ3n) is 3.11. The highest BCUT2D eigenvalue weighted by Crippen LogP contribution is 2.24. The highest BCUT2D eigenvalue weighted by atomic mass is 16.6. The molecule has 3 aromatic rings. The van der Waals surface area contributed by atoms with E-state index in [1.54, 1.807) is 0 Å². The number of carbonyl (C=O) groups is 1. The summed E-state index contributed by atoms with van der Waals surface area (Å²) in [4.78, 5) is 22.2. The van der Waals surface area contributed by atoms with Crippen molar-refractivity contribution in [1.29, 1.82) is 0 Å². The van der Waals surface area contributed by atoms with E-state index in [0.29, 0.717) is 11.0 Å². The number of nitrogens with zero attached hydrogens (tertiary/aromatic N) is 2. The number of nitro benzene ring substituents is 1. The van der Waals surface area contributed by atoms with Crippen molar-refractivity contribution in [3.8, 4) is 0 Å². The summed E-state index contributed by atoms with van der Waals surface area (Å²) in [5.74, 6) is -0.498. The van der Waals surface area contributed by atoms with Crippen LogP contribution in [0.3, 0.4) is 0 Å². The molecule has 0 atom stereocenters. The Hall–Kier alpha value is -3.48. The first-order chi connectivity index (χ1) is 11.1. The number of furan rings is 1. The minimum atomic E-state index is -0.531. The Morgan fingerprint density at radius 2 is 1.96 bits per heavy atom. The van der Waals surface area contributed by atoms with Gasteiger partial charge in [0.05, 0.1) is 11.1 Å². The zero-order valence-electron chi connectivity index (χ0n) is 11.8. The van der Waals surface area contributed by atoms with E-state index in [-0.39, 0.29) is 11.4 Å². The van der Waals surface area contributed by atoms with E-state index in [2.05, 4.69) is 10.5 Å². The van der Waals surface area contributed by atoms with Crippen LogP contribution in [0.1, 0.15) is 16.1 Å². The maximum atomic E-state index is 12.0. The van der Waals surface area contributed by atoms with Gasteiger partial charge in [0, 0.05) is 17.5 Å². The highest BCUT2D eigenvalue weighted by molar-refractivity contribution is 5.96. The van der Waals surface area contributed by atoms with E-state index < -0.39 is 10.8 Å². The normalized spacial score (nSPS) is 11.0. The van der Waals surface area contributed by atoms with Crippen molar-refractivity contribution >= 4 is 28.8 Å². The molecule has 2 aromatic carbocycles. The lowest BCUT2D eigenvalue weighted by molar-refractivity contribution is -0.384. The standard InChI is InChI=1S/C16H11N3O4/c20-16(18-17-10-11-4-2-1-3-5-11)15-9-12-8-13(19(21)22)6-7-14(12)23-15/h1-10H,(H,18,20)/b17-10-. The molecule has 0 spiro atoms. The van der Waals surface area contributed by atoms with Gasteiger partial charge < -0.3 is 4.42 Å². The first-order valence-electron chi connectivity index (χ1n) is 6.70. The smallest absolute Gasteiger partial charge is 0.307 e. The second-order valence-electron chi connectivity index (χ2n) is 4.70. The van der Waals surface area contributed by atoms with Gasteiger partial charge >= 0.3 is 5.91 Å². The van der Waals surface area contributed by atoms with E-state index in [1.165, 1.54) is 30.5 Å². The van der Waals surface area contributed by atoms with Gasteiger partial charge in [-0.1, -0.05) is 30.3 Å². The molecule has 0 fully saturated rings. The SMILES string of the molecule is O=C(N/N=C\c1ccccc1)c1cc2cc([N+](=O)[O-])ccc2o1. The molecule has 1 amide bonds. The molecule has 0 bridgehead atoms. The molecule has 3 rings (SSSR count). The summed E-state index contributed by atoms with van der Waals surface area (Å²) in [5, 5.41) is 15.1. The number of non-ortho nitro benzene ring substituents is 1. The van der Waals surface area contributed by atoms with Crippen molar-refractivity contribution in [2.75, 3.05) is 0 Å². The third-order valence-corrected chi connectivity index (χ3v) is 3.11. The molecule has 7 heteroatoms. The molecule has 7 nitrogen and oxygen atoms in total. The Labute approximate surface area is 130 Å². The number of rotatable bonds is 4. The lowest BCUT2D eigenvalue weighted by atomic mass is 10.2. The van der Waals surface area contributed by atoms with Crippen LogP contribution in [0.5, 0.6) is 0 Å². The number of hydrazone groups is 1. The van der Waals surface area contributed by atoms with Gasteiger partial charge in [-0.05, 0) is 17.7 Å². The number of nitrogens with one attached hydrogen (secondary N) is 1. The molecule has 0 radical (unpaired) electrons. The number of carbonyl (C=O) groups excluding carboxylic acids is 1. The van der Waals surface area contributed by atoms with Gasteiger partial charge in [0.2, 0.25) is 0 Å². The third kappa shape index (κ3) is 3.24. The number of nitro groups is 1. The van der Waals surface area contributed by atoms with Crippen molar-refractivity contribution in [2.45, 2.75) is 0 Å². The van der Waals surface area contributed by atoms with Gasteiger partial charge in [-0.2, -0.15) is 5.10 Å². The monoisotopic (exact) mass is 309 g/mol. The maximum Gasteiger partial charge on any atom is 0.307 e. The summed E-state index contributed by atoms with van der Waals surface area (Å²) >= 11 is 0. The average Bonchev–Trinajstić information content (AvgIpc) is 2.99. The zero-order valence-corrected chi connectivity index (χ0v) is 11.8. The summed E-state index contributed by atoms with van der Waals surface area (Å²) in [6.07, 6.45) is 1.51. The predicted octanol–water partition coefficient (Wildman–Crippen LogP) is 3.10. The summed E-state index contributed by atoms with van der Waals surface area (Å²) in [6.45, 7) is 0. The van der Waals surface area contributed by atoms with E-state index in [9.17, 15) is 14.9 Å². The molecule has 1 heterocycles. The number of benzene rings is 2. The minimum absolute atomic E-state index is 0.0331. The molecular formula is C16H11N3O4. The lowest BCUT2D eigenvalue weighted by Crippen LogP contribution is -2.16. The Kier molecular flexibility index (Phi) is 3.84. The molecule has 0 aliphatic heterocycles. The summed E-state index contributed by atoms with van der Waals surface area (Å²) < 4.78 is 5.36. The average molecular weight is 309 g/mol. The maximum absolute atomic E-state index is 12.0. The van der Waals surface area contributed by atoms with Gasteiger partial charge in [0.1, 0.15) is 5.58 Å². The first-order valence-corrected chi connectivity index (χ1v) is 6.70. The van der Waals surface area contributed by atoms with Crippen molar-refractivity contribution in [1.82, 2.24) is 5.43 Å². The van der Waals surface area contributed by atoms with Crippen LogP contribution in [0.4, 0.5) is 5.69 Å². The summed E-state index contributed by atoms with van der Waals surface area (Å²) in [7, 11) is 0. The topological polar surface area (TPSA) is 97.7 Å². The van der Waals surface area contributed by atoms with Crippen molar-refractivity contribution in [3.05, 3.63) is 76.0 Å². The molecule has 0 unspecified atom stereocenters. The number of amides is 1. The van der Waals surface area contributed by atoms with E-state index >= 15 is 0 Å². The van der Waals surface area contributed by atoms with Gasteiger partial charge in [0.15, 0.2) is 5.76 Å². The van der Waals surface area contributed by atoms with Crippen LogP contribution >= 0.6 is 0 Å². The van der Waals surface area contributed by atoms with Crippen molar-refractivity contribution in [2.24, 2.45) is 5.10 Å². The van der Waals surface area contributed by atoms with Gasteiger partial charge in [-0.15, -0.1) is 0 Å². The molecular weight excluding hydrogens is 298 g/mol. The van der Waals surface area contributed by atoms with Crippen LogP contribution < -0.4 is 5.43 Å². The van der Waals surface area contributed by atoms with Crippen LogP contribution in [0.2, 0.25) is 0 Å². The van der Waals surface area contributed by atoms with Crippen LogP contribution in [-0.4, -0.2) is 17.0 Å². The van der Waals surface area contributed by atoms with Crippen LogP contribution in [-0.2, 0) is 0 Å². The summed E-state index contributed by atoms with van der Waals surface area (Å²) in [6, 6.07) is 14.8. The number of hydrogen-bond acceptors (Lipinski definition) is 5.